The molecule has 0 saturated heterocycles. The molecule has 13 heavy (non-hydrogen) atoms. The third-order valence-corrected chi connectivity index (χ3v) is 3.39. The molecule has 0 aliphatic heterocycles. The molecule has 0 aromatic carbocycles. The fourth-order valence-electron chi connectivity index (χ4n) is 0.922. The van der Waals surface area contributed by atoms with Crippen molar-refractivity contribution < 1.29 is 13.5 Å². The van der Waals surface area contributed by atoms with Crippen molar-refractivity contribution in [2.24, 2.45) is 0 Å². The molecule has 0 aromatic rings. The second-order valence-electron chi connectivity index (χ2n) is 3.20. The Balaban J connectivity index is 4.44. The Morgan fingerprint density at radius 1 is 1.46 bits per heavy atom. The number of aliphatic hydroxyl groups excluding tert-OH is 1. The smallest absolute Gasteiger partial charge is 0.277 e. The number of aliphatic hydroxyl groups is 1. The summed E-state index contributed by atoms with van der Waals surface area (Å²) in [5.74, 6) is 0. The minimum atomic E-state index is -3.42. The maximum Gasteiger partial charge on any atom is 0.277 e. The molecule has 3 N–H and O–H groups in total. The quantitative estimate of drug-likeness (QED) is 0.558. The van der Waals surface area contributed by atoms with Crippen molar-refractivity contribution >= 4 is 10.2 Å². The largest absolute Gasteiger partial charge is 0.396 e. The molecule has 0 aliphatic rings. The first-order valence-electron chi connectivity index (χ1n) is 4.22. The lowest BCUT2D eigenvalue weighted by Gasteiger charge is -2.28. The zero-order valence-electron chi connectivity index (χ0n) is 8.29. The number of nitrogens with one attached hydrogen (secondary N) is 2. The molecule has 0 aromatic heterocycles. The molecule has 0 amide bonds. The predicted molar refractivity (Wildman–Crippen MR) is 51.5 cm³/mol. The van der Waals surface area contributed by atoms with E-state index in [-0.39, 0.29) is 6.61 Å². The molecule has 0 aliphatic carbocycles. The van der Waals surface area contributed by atoms with Crippen LogP contribution in [-0.2, 0) is 10.2 Å². The highest BCUT2D eigenvalue weighted by molar-refractivity contribution is 7.87. The van der Waals surface area contributed by atoms with Crippen LogP contribution >= 0.6 is 0 Å². The molecule has 0 saturated carbocycles. The zero-order chi connectivity index (χ0) is 10.5. The summed E-state index contributed by atoms with van der Waals surface area (Å²) in [6.07, 6.45) is 1.04. The molecule has 0 radical (unpaired) electrons. The van der Waals surface area contributed by atoms with Crippen molar-refractivity contribution in [2.45, 2.75) is 32.2 Å². The van der Waals surface area contributed by atoms with Crippen molar-refractivity contribution in [3.8, 4) is 0 Å². The van der Waals surface area contributed by atoms with Crippen molar-refractivity contribution in [3.05, 3.63) is 0 Å². The van der Waals surface area contributed by atoms with E-state index in [0.29, 0.717) is 12.8 Å². The molecule has 0 spiro atoms. The molecule has 1 unspecified atom stereocenters. The Hall–Kier alpha value is -0.170. The summed E-state index contributed by atoms with van der Waals surface area (Å²) < 4.78 is 26.9. The summed E-state index contributed by atoms with van der Waals surface area (Å²) in [6.45, 7) is 3.60. The van der Waals surface area contributed by atoms with Crippen LogP contribution in [0.25, 0.3) is 0 Å². The van der Waals surface area contributed by atoms with Gasteiger partial charge in [-0.1, -0.05) is 6.92 Å². The van der Waals surface area contributed by atoms with Gasteiger partial charge in [0.25, 0.3) is 10.2 Å². The van der Waals surface area contributed by atoms with E-state index in [1.54, 1.807) is 6.92 Å². The fraction of sp³-hybridized carbons (Fsp3) is 1.00. The predicted octanol–water partition coefficient (Wildman–Crippen LogP) is -0.409. The van der Waals surface area contributed by atoms with Gasteiger partial charge in [0.2, 0.25) is 0 Å². The highest BCUT2D eigenvalue weighted by Crippen LogP contribution is 2.14. The van der Waals surface area contributed by atoms with Gasteiger partial charge in [-0.05, 0) is 19.8 Å². The van der Waals surface area contributed by atoms with Crippen molar-refractivity contribution in [1.82, 2.24) is 9.44 Å². The molecular weight excluding hydrogens is 192 g/mol. The van der Waals surface area contributed by atoms with Gasteiger partial charge in [0.15, 0.2) is 0 Å². The standard InChI is InChI=1S/C7H18N2O3S/c1-4-7(2,5-6-10)9-13(11,12)8-3/h8-10H,4-6H2,1-3H3. The highest BCUT2D eigenvalue weighted by Gasteiger charge is 2.26. The second-order valence-corrected chi connectivity index (χ2v) is 4.82. The van der Waals surface area contributed by atoms with Gasteiger partial charge in [0, 0.05) is 19.2 Å². The van der Waals surface area contributed by atoms with Crippen LogP contribution < -0.4 is 9.44 Å². The molecule has 0 heterocycles. The summed E-state index contributed by atoms with van der Waals surface area (Å²) >= 11 is 0. The normalized spacial score (nSPS) is 16.9. The van der Waals surface area contributed by atoms with Gasteiger partial charge in [-0.2, -0.15) is 13.1 Å². The Morgan fingerprint density at radius 3 is 2.31 bits per heavy atom. The fourth-order valence-corrected chi connectivity index (χ4v) is 1.92. The van der Waals surface area contributed by atoms with Crippen LogP contribution in [0.2, 0.25) is 0 Å². The lowest BCUT2D eigenvalue weighted by atomic mass is 9.97. The van der Waals surface area contributed by atoms with Crippen molar-refractivity contribution in [1.29, 1.82) is 0 Å². The summed E-state index contributed by atoms with van der Waals surface area (Å²) in [7, 11) is -2.08. The zero-order valence-corrected chi connectivity index (χ0v) is 9.11. The molecule has 0 rings (SSSR count). The van der Waals surface area contributed by atoms with Crippen LogP contribution in [-0.4, -0.2) is 32.7 Å². The van der Waals surface area contributed by atoms with E-state index >= 15 is 0 Å². The molecule has 80 valence electrons. The third kappa shape index (κ3) is 4.56. The Morgan fingerprint density at radius 2 is 2.00 bits per heavy atom. The Labute approximate surface area is 79.7 Å². The lowest BCUT2D eigenvalue weighted by Crippen LogP contribution is -2.49. The Bertz CT molecular complexity index is 240. The maximum atomic E-state index is 11.1. The van der Waals surface area contributed by atoms with E-state index < -0.39 is 15.7 Å². The summed E-state index contributed by atoms with van der Waals surface area (Å²) in [5, 5.41) is 8.75. The van der Waals surface area contributed by atoms with Crippen LogP contribution in [0.1, 0.15) is 26.7 Å². The van der Waals surface area contributed by atoms with Crippen LogP contribution in [0.15, 0.2) is 0 Å². The topological polar surface area (TPSA) is 78.4 Å². The summed E-state index contributed by atoms with van der Waals surface area (Å²) in [4.78, 5) is 0. The van der Waals surface area contributed by atoms with Gasteiger partial charge in [-0.15, -0.1) is 0 Å². The van der Waals surface area contributed by atoms with Gasteiger partial charge >= 0.3 is 0 Å². The lowest BCUT2D eigenvalue weighted by molar-refractivity contribution is 0.233. The molecule has 0 fully saturated rings. The monoisotopic (exact) mass is 210 g/mol. The minimum Gasteiger partial charge on any atom is -0.396 e. The minimum absolute atomic E-state index is 0.0312. The SMILES string of the molecule is CCC(C)(CCO)NS(=O)(=O)NC. The first-order chi connectivity index (χ1) is 5.89. The number of rotatable bonds is 6. The molecule has 1 atom stereocenters. The maximum absolute atomic E-state index is 11.1. The van der Waals surface area contributed by atoms with E-state index in [1.165, 1.54) is 7.05 Å². The first kappa shape index (κ1) is 12.8. The third-order valence-electron chi connectivity index (χ3n) is 2.09. The van der Waals surface area contributed by atoms with Gasteiger partial charge < -0.3 is 5.11 Å². The second kappa shape index (κ2) is 4.90. The van der Waals surface area contributed by atoms with E-state index in [0.717, 1.165) is 0 Å². The van der Waals surface area contributed by atoms with E-state index in [1.807, 2.05) is 6.92 Å². The van der Waals surface area contributed by atoms with Crippen molar-refractivity contribution in [2.75, 3.05) is 13.7 Å². The average molecular weight is 210 g/mol. The molecular formula is C7H18N2O3S. The molecule has 5 nitrogen and oxygen atoms in total. The van der Waals surface area contributed by atoms with Gasteiger partial charge in [-0.25, -0.2) is 4.72 Å². The Kier molecular flexibility index (Phi) is 4.83. The van der Waals surface area contributed by atoms with Crippen molar-refractivity contribution in [3.63, 3.8) is 0 Å². The van der Waals surface area contributed by atoms with Crippen LogP contribution in [0, 0.1) is 0 Å². The summed E-state index contributed by atoms with van der Waals surface area (Å²) in [6, 6.07) is 0. The molecule has 6 heteroatoms. The van der Waals surface area contributed by atoms with E-state index in [9.17, 15) is 8.42 Å². The van der Waals surface area contributed by atoms with Gasteiger partial charge in [0.05, 0.1) is 0 Å². The molecule has 0 bridgehead atoms. The van der Waals surface area contributed by atoms with Crippen LogP contribution in [0.5, 0.6) is 0 Å². The van der Waals surface area contributed by atoms with E-state index in [2.05, 4.69) is 9.44 Å². The van der Waals surface area contributed by atoms with Gasteiger partial charge in [-0.3, -0.25) is 0 Å². The average Bonchev–Trinajstić information content (AvgIpc) is 2.04. The summed E-state index contributed by atoms with van der Waals surface area (Å²) in [5.41, 5.74) is -0.573. The highest BCUT2D eigenvalue weighted by atomic mass is 32.2. The number of hydrogen-bond donors (Lipinski definition) is 3. The first-order valence-corrected chi connectivity index (χ1v) is 5.71. The van der Waals surface area contributed by atoms with Crippen LogP contribution in [0.4, 0.5) is 0 Å². The van der Waals surface area contributed by atoms with E-state index in [4.69, 9.17) is 5.11 Å². The van der Waals surface area contributed by atoms with Gasteiger partial charge in [0.1, 0.15) is 0 Å². The van der Waals surface area contributed by atoms with Crippen LogP contribution in [0.3, 0.4) is 0 Å². The number of hydrogen-bond acceptors (Lipinski definition) is 3.